The second kappa shape index (κ2) is 3.68. The largest absolute Gasteiger partial charge is 0.386 e. The third-order valence-corrected chi connectivity index (χ3v) is 2.47. The smallest absolute Gasteiger partial charge is 0.115 e. The van der Waals surface area contributed by atoms with Crippen molar-refractivity contribution in [3.63, 3.8) is 0 Å². The second-order valence-corrected chi connectivity index (χ2v) is 3.22. The number of nitrogens with one attached hydrogen (secondary N) is 3. The molecule has 0 amide bonds. The predicted molar refractivity (Wildman–Crippen MR) is 64.1 cm³/mol. The molecule has 15 heavy (non-hydrogen) atoms. The third-order valence-electron chi connectivity index (χ3n) is 2.47. The number of nitrogens with zero attached hydrogens (tertiary/aromatic N) is 2. The molecule has 0 aliphatic heterocycles. The SMILES string of the molecule is CNc1cc2ncn(NC)c2cc1NC. The van der Waals surface area contributed by atoms with E-state index in [0.717, 1.165) is 22.4 Å². The molecule has 0 radical (unpaired) electrons. The molecule has 2 aromatic rings. The molecule has 0 fully saturated rings. The lowest BCUT2D eigenvalue weighted by atomic mass is 10.2. The lowest BCUT2D eigenvalue weighted by molar-refractivity contribution is 0.956. The van der Waals surface area contributed by atoms with Crippen LogP contribution in [-0.2, 0) is 0 Å². The van der Waals surface area contributed by atoms with Crippen LogP contribution in [-0.4, -0.2) is 30.8 Å². The maximum absolute atomic E-state index is 4.31. The van der Waals surface area contributed by atoms with E-state index in [-0.39, 0.29) is 0 Å². The summed E-state index contributed by atoms with van der Waals surface area (Å²) >= 11 is 0. The minimum atomic E-state index is 0.965. The van der Waals surface area contributed by atoms with Crippen LogP contribution in [0.3, 0.4) is 0 Å². The van der Waals surface area contributed by atoms with Gasteiger partial charge in [-0.05, 0) is 12.1 Å². The Kier molecular flexibility index (Phi) is 2.37. The standard InChI is InChI=1S/C10H15N5/c1-11-7-4-9-10(5-8(7)12-2)15(13-3)6-14-9/h4-6,11-13H,1-3H3. The van der Waals surface area contributed by atoms with Crippen LogP contribution in [0.2, 0.25) is 0 Å². The third kappa shape index (κ3) is 1.45. The molecule has 5 nitrogen and oxygen atoms in total. The molecule has 0 aliphatic carbocycles. The Morgan fingerprint density at radius 3 is 2.33 bits per heavy atom. The van der Waals surface area contributed by atoms with E-state index >= 15 is 0 Å². The number of aromatic nitrogens is 2. The molecular formula is C10H15N5. The van der Waals surface area contributed by atoms with Gasteiger partial charge >= 0.3 is 0 Å². The molecule has 80 valence electrons. The molecule has 1 heterocycles. The Morgan fingerprint density at radius 1 is 1.07 bits per heavy atom. The van der Waals surface area contributed by atoms with Crippen molar-refractivity contribution >= 4 is 22.4 Å². The van der Waals surface area contributed by atoms with Crippen molar-refractivity contribution < 1.29 is 0 Å². The molecule has 0 atom stereocenters. The number of imidazole rings is 1. The number of benzene rings is 1. The summed E-state index contributed by atoms with van der Waals surface area (Å²) in [5.41, 5.74) is 7.17. The molecule has 1 aromatic carbocycles. The van der Waals surface area contributed by atoms with E-state index in [9.17, 15) is 0 Å². The van der Waals surface area contributed by atoms with Gasteiger partial charge in [-0.1, -0.05) is 0 Å². The first-order chi connectivity index (χ1) is 7.30. The molecule has 0 saturated carbocycles. The molecule has 0 saturated heterocycles. The average molecular weight is 205 g/mol. The first-order valence-corrected chi connectivity index (χ1v) is 4.84. The summed E-state index contributed by atoms with van der Waals surface area (Å²) in [6.45, 7) is 0. The van der Waals surface area contributed by atoms with Crippen molar-refractivity contribution in [1.29, 1.82) is 0 Å². The highest BCUT2D eigenvalue weighted by atomic mass is 15.4. The van der Waals surface area contributed by atoms with Crippen LogP contribution in [0.25, 0.3) is 11.0 Å². The zero-order valence-corrected chi connectivity index (χ0v) is 9.13. The van der Waals surface area contributed by atoms with E-state index < -0.39 is 0 Å². The lowest BCUT2D eigenvalue weighted by Gasteiger charge is -2.09. The minimum absolute atomic E-state index is 0.965. The normalized spacial score (nSPS) is 10.3. The van der Waals surface area contributed by atoms with Gasteiger partial charge in [0.15, 0.2) is 0 Å². The zero-order valence-electron chi connectivity index (χ0n) is 9.13. The van der Waals surface area contributed by atoms with Gasteiger partial charge in [0.2, 0.25) is 0 Å². The second-order valence-electron chi connectivity index (χ2n) is 3.22. The average Bonchev–Trinajstić information content (AvgIpc) is 2.68. The van der Waals surface area contributed by atoms with E-state index in [2.05, 4.69) is 27.1 Å². The number of fused-ring (bicyclic) bond motifs is 1. The summed E-state index contributed by atoms with van der Waals surface area (Å²) in [7, 11) is 5.67. The van der Waals surface area contributed by atoms with Crippen LogP contribution >= 0.6 is 0 Å². The van der Waals surface area contributed by atoms with Crippen LogP contribution < -0.4 is 16.1 Å². The Labute approximate surface area is 88.5 Å². The Bertz CT molecular complexity index is 474. The van der Waals surface area contributed by atoms with Crippen LogP contribution in [0, 0.1) is 0 Å². The molecule has 0 unspecified atom stereocenters. The summed E-state index contributed by atoms with van der Waals surface area (Å²) in [6, 6.07) is 4.08. The number of rotatable bonds is 3. The fourth-order valence-corrected chi connectivity index (χ4v) is 1.65. The van der Waals surface area contributed by atoms with Gasteiger partial charge in [-0.25, -0.2) is 9.66 Å². The Balaban J connectivity index is 2.66. The van der Waals surface area contributed by atoms with E-state index in [1.165, 1.54) is 0 Å². The van der Waals surface area contributed by atoms with Crippen molar-refractivity contribution in [1.82, 2.24) is 9.66 Å². The van der Waals surface area contributed by atoms with Crippen LogP contribution in [0.4, 0.5) is 11.4 Å². The van der Waals surface area contributed by atoms with Crippen molar-refractivity contribution in [2.45, 2.75) is 0 Å². The molecular weight excluding hydrogens is 190 g/mol. The summed E-state index contributed by atoms with van der Waals surface area (Å²) in [6.07, 6.45) is 1.77. The summed E-state index contributed by atoms with van der Waals surface area (Å²) in [5.74, 6) is 0. The van der Waals surface area contributed by atoms with Gasteiger partial charge in [0.25, 0.3) is 0 Å². The summed E-state index contributed by atoms with van der Waals surface area (Å²) in [4.78, 5) is 4.31. The monoisotopic (exact) mass is 205 g/mol. The van der Waals surface area contributed by atoms with Gasteiger partial charge in [0, 0.05) is 21.1 Å². The first kappa shape index (κ1) is 9.64. The van der Waals surface area contributed by atoms with E-state index in [0.29, 0.717) is 0 Å². The fraction of sp³-hybridized carbons (Fsp3) is 0.300. The van der Waals surface area contributed by atoms with Gasteiger partial charge in [0.1, 0.15) is 6.33 Å². The van der Waals surface area contributed by atoms with Crippen molar-refractivity contribution in [3.8, 4) is 0 Å². The summed E-state index contributed by atoms with van der Waals surface area (Å²) in [5, 5.41) is 6.28. The van der Waals surface area contributed by atoms with Crippen molar-refractivity contribution in [2.75, 3.05) is 37.2 Å². The molecule has 0 aliphatic rings. The summed E-state index contributed by atoms with van der Waals surface area (Å²) < 4.78 is 1.88. The number of anilines is 2. The fourth-order valence-electron chi connectivity index (χ4n) is 1.65. The first-order valence-electron chi connectivity index (χ1n) is 4.84. The quantitative estimate of drug-likeness (QED) is 0.707. The van der Waals surface area contributed by atoms with Gasteiger partial charge in [-0.2, -0.15) is 0 Å². The zero-order chi connectivity index (χ0) is 10.8. The predicted octanol–water partition coefficient (Wildman–Crippen LogP) is 1.29. The molecule has 2 rings (SSSR count). The van der Waals surface area contributed by atoms with Crippen molar-refractivity contribution in [3.05, 3.63) is 18.5 Å². The van der Waals surface area contributed by atoms with Gasteiger partial charge in [0.05, 0.1) is 22.4 Å². The van der Waals surface area contributed by atoms with Gasteiger partial charge < -0.3 is 16.1 Å². The van der Waals surface area contributed by atoms with Crippen LogP contribution in [0.1, 0.15) is 0 Å². The Hall–Kier alpha value is -1.91. The van der Waals surface area contributed by atoms with Crippen molar-refractivity contribution in [2.24, 2.45) is 0 Å². The maximum atomic E-state index is 4.31. The van der Waals surface area contributed by atoms with Gasteiger partial charge in [-0.15, -0.1) is 0 Å². The molecule has 0 spiro atoms. The minimum Gasteiger partial charge on any atom is -0.386 e. The van der Waals surface area contributed by atoms with Crippen LogP contribution in [0.15, 0.2) is 18.5 Å². The van der Waals surface area contributed by atoms with Crippen LogP contribution in [0.5, 0.6) is 0 Å². The van der Waals surface area contributed by atoms with E-state index in [1.807, 2.05) is 31.9 Å². The molecule has 3 N–H and O–H groups in total. The molecule has 1 aromatic heterocycles. The topological polar surface area (TPSA) is 53.9 Å². The van der Waals surface area contributed by atoms with Gasteiger partial charge in [-0.3, -0.25) is 0 Å². The number of hydrogen-bond donors (Lipinski definition) is 3. The molecule has 5 heteroatoms. The van der Waals surface area contributed by atoms with E-state index in [4.69, 9.17) is 0 Å². The lowest BCUT2D eigenvalue weighted by Crippen LogP contribution is -2.06. The van der Waals surface area contributed by atoms with E-state index in [1.54, 1.807) is 6.33 Å². The highest BCUT2D eigenvalue weighted by Crippen LogP contribution is 2.26. The highest BCUT2D eigenvalue weighted by molar-refractivity contribution is 5.87. The number of hydrogen-bond acceptors (Lipinski definition) is 4. The highest BCUT2D eigenvalue weighted by Gasteiger charge is 2.06. The Morgan fingerprint density at radius 2 is 1.73 bits per heavy atom. The molecule has 0 bridgehead atoms. The maximum Gasteiger partial charge on any atom is 0.115 e.